The molecule has 0 aliphatic rings. The number of pyridine rings is 3. The molecule has 0 saturated carbocycles. The van der Waals surface area contributed by atoms with Gasteiger partial charge in [0.15, 0.2) is 5.75 Å². The number of benzene rings is 1. The second-order valence-corrected chi connectivity index (χ2v) is 9.41. The summed E-state index contributed by atoms with van der Waals surface area (Å²) in [5.74, 6) is -0.0411. The van der Waals surface area contributed by atoms with E-state index in [4.69, 9.17) is 4.74 Å². The zero-order chi connectivity index (χ0) is 25.8. The van der Waals surface area contributed by atoms with E-state index < -0.39 is 0 Å². The number of methoxy groups -OCH3 is 1. The highest BCUT2D eigenvalue weighted by molar-refractivity contribution is 7.22. The van der Waals surface area contributed by atoms with Crippen molar-refractivity contribution in [3.63, 3.8) is 0 Å². The van der Waals surface area contributed by atoms with Crippen LogP contribution in [0.2, 0.25) is 0 Å². The predicted octanol–water partition coefficient (Wildman–Crippen LogP) is 5.26. The van der Waals surface area contributed by atoms with Crippen molar-refractivity contribution < 1.29 is 9.53 Å². The zero-order valence-electron chi connectivity index (χ0n) is 20.1. The third-order valence-corrected chi connectivity index (χ3v) is 7.28. The highest BCUT2D eigenvalue weighted by Gasteiger charge is 2.28. The Hall–Kier alpha value is -4.55. The van der Waals surface area contributed by atoms with Gasteiger partial charge in [0.2, 0.25) is 0 Å². The Bertz CT molecular complexity index is 1670. The lowest BCUT2D eigenvalue weighted by Gasteiger charge is -2.21. The maximum Gasteiger partial charge on any atom is 0.268 e. The number of amides is 1. The number of carbonyl (C=O) groups excluding carboxylic acids is 1. The van der Waals surface area contributed by atoms with Crippen LogP contribution < -0.4 is 10.3 Å². The molecule has 5 rings (SSSR count). The highest BCUT2D eigenvalue weighted by Crippen LogP contribution is 2.40. The number of nitrogens with zero attached hydrogens (tertiary/aromatic N) is 5. The van der Waals surface area contributed by atoms with Crippen molar-refractivity contribution in [2.24, 2.45) is 0 Å². The van der Waals surface area contributed by atoms with Crippen molar-refractivity contribution in [2.45, 2.75) is 26.9 Å². The molecule has 0 N–H and O–H groups in total. The molecule has 0 bridgehead atoms. The predicted molar refractivity (Wildman–Crippen MR) is 149 cm³/mol. The summed E-state index contributed by atoms with van der Waals surface area (Å²) in [5.41, 5.74) is 2.10. The molecule has 0 radical (unpaired) electrons. The molecule has 0 spiro atoms. The van der Waals surface area contributed by atoms with E-state index in [-0.39, 0.29) is 50.7 Å². The van der Waals surface area contributed by atoms with Crippen LogP contribution in [0.5, 0.6) is 5.75 Å². The number of hydrogen-bond donors (Lipinski definition) is 0. The van der Waals surface area contributed by atoms with Crippen molar-refractivity contribution in [2.75, 3.05) is 13.7 Å². The third kappa shape index (κ3) is 4.99. The minimum Gasteiger partial charge on any atom is -0.494 e. The Morgan fingerprint density at radius 3 is 2.66 bits per heavy atom. The molecule has 1 amide bonds. The van der Waals surface area contributed by atoms with Gasteiger partial charge in [-0.1, -0.05) is 37.8 Å². The molecule has 0 unspecified atom stereocenters. The van der Waals surface area contributed by atoms with E-state index >= 15 is 0 Å². The second kappa shape index (κ2) is 11.7. The summed E-state index contributed by atoms with van der Waals surface area (Å²) in [7, 11) is 1.47. The summed E-state index contributed by atoms with van der Waals surface area (Å²) in [6, 6.07) is 19.0. The van der Waals surface area contributed by atoms with Crippen LogP contribution in [0.3, 0.4) is 0 Å². The number of fused-ring (bicyclic) bond motifs is 3. The zero-order valence-corrected chi connectivity index (χ0v) is 20.9. The molecule has 192 valence electrons. The molecule has 0 aliphatic carbocycles. The molecule has 38 heavy (non-hydrogen) atoms. The monoisotopic (exact) mass is 525 g/mol. The first-order chi connectivity index (χ1) is 18.1. The molecule has 0 saturated heterocycles. The molecule has 0 aliphatic heterocycles. The Morgan fingerprint density at radius 2 is 1.95 bits per heavy atom. The van der Waals surface area contributed by atoms with Gasteiger partial charge < -0.3 is 14.2 Å². The van der Waals surface area contributed by atoms with E-state index in [2.05, 4.69) is 16.0 Å². The summed E-state index contributed by atoms with van der Waals surface area (Å²) in [5, 5.41) is 10.4. The van der Waals surface area contributed by atoms with E-state index in [1.807, 2.05) is 48.5 Å². The fraction of sp³-hybridized carbons (Fsp3) is 0.207. The minimum absolute atomic E-state index is 0. The lowest BCUT2D eigenvalue weighted by molar-refractivity contribution is 0.0748. The fourth-order valence-electron chi connectivity index (χ4n) is 4.38. The van der Waals surface area contributed by atoms with Crippen molar-refractivity contribution in [1.82, 2.24) is 19.4 Å². The van der Waals surface area contributed by atoms with Gasteiger partial charge in [-0.05, 0) is 29.8 Å². The van der Waals surface area contributed by atoms with Crippen molar-refractivity contribution >= 4 is 38.2 Å². The molecule has 0 atom stereocenters. The third-order valence-electron chi connectivity index (χ3n) is 6.08. The minimum atomic E-state index is -0.295. The maximum absolute atomic E-state index is 13.9. The van der Waals surface area contributed by atoms with Gasteiger partial charge in [-0.2, -0.15) is 5.26 Å². The number of nitriles is 1. The Morgan fingerprint density at radius 1 is 1.13 bits per heavy atom. The van der Waals surface area contributed by atoms with Gasteiger partial charge in [0.05, 0.1) is 42.1 Å². The average Bonchev–Trinajstić information content (AvgIpc) is 3.34. The first kappa shape index (κ1) is 26.5. The second-order valence-electron chi connectivity index (χ2n) is 8.39. The lowest BCUT2D eigenvalue weighted by Crippen LogP contribution is -2.31. The molecule has 1 aromatic carbocycles. The van der Waals surface area contributed by atoms with Crippen LogP contribution in [0.1, 0.15) is 34.8 Å². The normalized spacial score (nSPS) is 10.6. The van der Waals surface area contributed by atoms with Gasteiger partial charge >= 0.3 is 0 Å². The largest absolute Gasteiger partial charge is 0.494 e. The quantitative estimate of drug-likeness (QED) is 0.274. The maximum atomic E-state index is 13.9. The average molecular weight is 526 g/mol. The number of aromatic nitrogens is 3. The van der Waals surface area contributed by atoms with Crippen LogP contribution in [0, 0.1) is 11.3 Å². The van der Waals surface area contributed by atoms with Crippen molar-refractivity contribution in [3.8, 4) is 11.8 Å². The Labute approximate surface area is 224 Å². The number of rotatable bonds is 8. The van der Waals surface area contributed by atoms with Crippen LogP contribution in [-0.2, 0) is 13.1 Å². The van der Waals surface area contributed by atoms with Gasteiger partial charge in [-0.25, -0.2) is 0 Å². The first-order valence-electron chi connectivity index (χ1n) is 11.7. The van der Waals surface area contributed by atoms with Gasteiger partial charge in [-0.15, -0.1) is 11.3 Å². The van der Waals surface area contributed by atoms with E-state index in [1.165, 1.54) is 18.4 Å². The summed E-state index contributed by atoms with van der Waals surface area (Å²) < 4.78 is 8.08. The van der Waals surface area contributed by atoms with Crippen LogP contribution in [0.4, 0.5) is 0 Å². The van der Waals surface area contributed by atoms with E-state index in [0.717, 1.165) is 22.2 Å². The van der Waals surface area contributed by atoms with Crippen LogP contribution in [0.15, 0.2) is 78.0 Å². The van der Waals surface area contributed by atoms with E-state index in [1.54, 1.807) is 34.1 Å². The SMILES string of the molecule is C.COc1c(C(=O)N(CCC#N)Cc2cccnc2)sc2c1c(=O)n(Cc1ccccn1)c1ccccc21. The van der Waals surface area contributed by atoms with Crippen molar-refractivity contribution in [3.05, 3.63) is 99.7 Å². The molecule has 9 heteroatoms. The molecule has 4 heterocycles. The molecule has 0 fully saturated rings. The summed E-state index contributed by atoms with van der Waals surface area (Å²) in [6.07, 6.45) is 5.24. The fourth-order valence-corrected chi connectivity index (χ4v) is 5.65. The molecule has 5 aromatic rings. The smallest absolute Gasteiger partial charge is 0.268 e. The van der Waals surface area contributed by atoms with E-state index in [9.17, 15) is 14.9 Å². The first-order valence-corrected chi connectivity index (χ1v) is 12.5. The Balaban J connectivity index is 0.00000336. The number of thiophene rings is 1. The summed E-state index contributed by atoms with van der Waals surface area (Å²) >= 11 is 1.24. The number of hydrogen-bond acceptors (Lipinski definition) is 7. The standard InChI is InChI=1S/C28H23N5O3S.CH4/c1-36-24-23-25(37-26(24)28(35)32(15-7-12-29)17-19-8-6-13-30-16-19)21-10-2-3-11-22(21)33(27(23)34)18-20-9-4-5-14-31-20;/h2-6,8-11,13-14,16H,7,15,17-18H2,1H3;1H4. The number of para-hydroxylation sites is 1. The van der Waals surface area contributed by atoms with Gasteiger partial charge in [0, 0.05) is 37.1 Å². The summed E-state index contributed by atoms with van der Waals surface area (Å²) in [6.45, 7) is 0.816. The van der Waals surface area contributed by atoms with Crippen molar-refractivity contribution in [1.29, 1.82) is 5.26 Å². The number of carbonyl (C=O) groups is 1. The van der Waals surface area contributed by atoms with Crippen LogP contribution in [0.25, 0.3) is 21.0 Å². The van der Waals surface area contributed by atoms with Crippen LogP contribution >= 0.6 is 11.3 Å². The van der Waals surface area contributed by atoms with E-state index in [0.29, 0.717) is 15.0 Å². The topological polar surface area (TPSA) is 101 Å². The van der Waals surface area contributed by atoms with Crippen LogP contribution in [-0.4, -0.2) is 39.0 Å². The molecule has 4 aromatic heterocycles. The lowest BCUT2D eigenvalue weighted by atomic mass is 10.1. The number of ether oxygens (including phenoxy) is 1. The van der Waals surface area contributed by atoms with Gasteiger partial charge in [0.1, 0.15) is 10.3 Å². The van der Waals surface area contributed by atoms with Gasteiger partial charge in [-0.3, -0.25) is 19.6 Å². The molecular weight excluding hydrogens is 498 g/mol. The van der Waals surface area contributed by atoms with Gasteiger partial charge in [0.25, 0.3) is 11.5 Å². The molecular formula is C29H27N5O3S. The Kier molecular flexibility index (Phi) is 8.14. The summed E-state index contributed by atoms with van der Waals surface area (Å²) in [4.78, 5) is 38.2. The highest BCUT2D eigenvalue weighted by atomic mass is 32.1. The molecule has 8 nitrogen and oxygen atoms in total.